The van der Waals surface area contributed by atoms with Crippen LogP contribution in [0.5, 0.6) is 0 Å². The molecular weight excluding hydrogens is 222 g/mol. The zero-order valence-electron chi connectivity index (χ0n) is 9.53. The zero-order valence-corrected chi connectivity index (χ0v) is 9.53. The number of hydrogen-bond acceptors (Lipinski definition) is 6. The lowest BCUT2D eigenvalue weighted by Crippen LogP contribution is -2.50. The summed E-state index contributed by atoms with van der Waals surface area (Å²) in [6, 6.07) is 0. The van der Waals surface area contributed by atoms with E-state index in [0.29, 0.717) is 25.6 Å². The molecule has 7 nitrogen and oxygen atoms in total. The van der Waals surface area contributed by atoms with E-state index in [4.69, 9.17) is 16.2 Å². The van der Waals surface area contributed by atoms with Crippen LogP contribution in [-0.2, 0) is 4.74 Å². The SMILES string of the molecule is NCC1(Nc2nc[nH]c(=O)c2N)CCOCC1. The molecule has 2 rings (SSSR count). The van der Waals surface area contributed by atoms with E-state index < -0.39 is 0 Å². The summed E-state index contributed by atoms with van der Waals surface area (Å²) in [6.07, 6.45) is 2.87. The summed E-state index contributed by atoms with van der Waals surface area (Å²) in [4.78, 5) is 17.8. The van der Waals surface area contributed by atoms with Gasteiger partial charge in [0, 0.05) is 19.8 Å². The molecule has 0 spiro atoms. The van der Waals surface area contributed by atoms with Crippen molar-refractivity contribution >= 4 is 11.5 Å². The van der Waals surface area contributed by atoms with E-state index in [9.17, 15) is 4.79 Å². The molecule has 1 aromatic heterocycles. The van der Waals surface area contributed by atoms with E-state index >= 15 is 0 Å². The Morgan fingerprint density at radius 2 is 2.24 bits per heavy atom. The number of rotatable bonds is 3. The minimum Gasteiger partial charge on any atom is -0.391 e. The largest absolute Gasteiger partial charge is 0.391 e. The first-order valence-electron chi connectivity index (χ1n) is 5.56. The second-order valence-corrected chi connectivity index (χ2v) is 4.22. The Morgan fingerprint density at radius 1 is 1.53 bits per heavy atom. The second-order valence-electron chi connectivity index (χ2n) is 4.22. The van der Waals surface area contributed by atoms with Crippen LogP contribution in [0.25, 0.3) is 0 Å². The summed E-state index contributed by atoms with van der Waals surface area (Å²) in [5.41, 5.74) is 10.9. The molecule has 0 radical (unpaired) electrons. The Morgan fingerprint density at radius 3 is 2.88 bits per heavy atom. The first-order chi connectivity index (χ1) is 8.17. The Kier molecular flexibility index (Phi) is 3.30. The number of H-pyrrole nitrogens is 1. The average molecular weight is 239 g/mol. The molecule has 0 unspecified atom stereocenters. The summed E-state index contributed by atoms with van der Waals surface area (Å²) in [5, 5.41) is 3.19. The highest BCUT2D eigenvalue weighted by atomic mass is 16.5. The molecular formula is C10H17N5O2. The number of aromatic nitrogens is 2. The molecule has 1 aliphatic rings. The van der Waals surface area contributed by atoms with Crippen LogP contribution in [0.15, 0.2) is 11.1 Å². The van der Waals surface area contributed by atoms with E-state index in [-0.39, 0.29) is 16.8 Å². The van der Waals surface area contributed by atoms with Crippen LogP contribution in [0.2, 0.25) is 0 Å². The van der Waals surface area contributed by atoms with Gasteiger partial charge in [0.25, 0.3) is 5.56 Å². The molecule has 1 aromatic rings. The van der Waals surface area contributed by atoms with Gasteiger partial charge in [-0.2, -0.15) is 0 Å². The van der Waals surface area contributed by atoms with Gasteiger partial charge in [0.15, 0.2) is 5.82 Å². The van der Waals surface area contributed by atoms with Crippen molar-refractivity contribution in [2.24, 2.45) is 5.73 Å². The average Bonchev–Trinajstić information content (AvgIpc) is 2.36. The van der Waals surface area contributed by atoms with Gasteiger partial charge in [-0.3, -0.25) is 4.79 Å². The highest BCUT2D eigenvalue weighted by molar-refractivity contribution is 5.60. The maximum absolute atomic E-state index is 11.4. The lowest BCUT2D eigenvalue weighted by atomic mass is 9.90. The fourth-order valence-corrected chi connectivity index (χ4v) is 1.90. The Labute approximate surface area is 98.6 Å². The van der Waals surface area contributed by atoms with Crippen LogP contribution in [0.4, 0.5) is 11.5 Å². The molecule has 1 aliphatic heterocycles. The van der Waals surface area contributed by atoms with Gasteiger partial charge in [-0.1, -0.05) is 0 Å². The predicted octanol–water partition coefficient (Wildman–Crippen LogP) is -0.728. The minimum atomic E-state index is -0.346. The molecule has 17 heavy (non-hydrogen) atoms. The van der Waals surface area contributed by atoms with Gasteiger partial charge in [-0.25, -0.2) is 4.98 Å². The van der Waals surface area contributed by atoms with Crippen LogP contribution in [0.1, 0.15) is 12.8 Å². The molecule has 0 bridgehead atoms. The van der Waals surface area contributed by atoms with Gasteiger partial charge in [-0.15, -0.1) is 0 Å². The molecule has 1 saturated heterocycles. The molecule has 1 fully saturated rings. The van der Waals surface area contributed by atoms with Crippen LogP contribution < -0.4 is 22.3 Å². The Balaban J connectivity index is 2.23. The molecule has 2 heterocycles. The maximum Gasteiger partial charge on any atom is 0.276 e. The normalized spacial score (nSPS) is 18.9. The van der Waals surface area contributed by atoms with E-state index in [1.165, 1.54) is 6.33 Å². The summed E-state index contributed by atoms with van der Waals surface area (Å²) < 4.78 is 5.30. The number of hydrogen-bond donors (Lipinski definition) is 4. The predicted molar refractivity (Wildman–Crippen MR) is 64.7 cm³/mol. The van der Waals surface area contributed by atoms with Gasteiger partial charge in [-0.05, 0) is 12.8 Å². The summed E-state index contributed by atoms with van der Waals surface area (Å²) in [6.45, 7) is 1.74. The van der Waals surface area contributed by atoms with Crippen molar-refractivity contribution in [2.45, 2.75) is 18.4 Å². The number of aromatic amines is 1. The van der Waals surface area contributed by atoms with Crippen molar-refractivity contribution in [3.63, 3.8) is 0 Å². The van der Waals surface area contributed by atoms with Crippen molar-refractivity contribution in [1.82, 2.24) is 9.97 Å². The molecule has 0 amide bonds. The fourth-order valence-electron chi connectivity index (χ4n) is 1.90. The van der Waals surface area contributed by atoms with Gasteiger partial charge < -0.3 is 26.5 Å². The molecule has 0 saturated carbocycles. The van der Waals surface area contributed by atoms with Crippen molar-refractivity contribution in [3.05, 3.63) is 16.7 Å². The van der Waals surface area contributed by atoms with Crippen LogP contribution in [0, 0.1) is 0 Å². The summed E-state index contributed by atoms with van der Waals surface area (Å²) in [7, 11) is 0. The second kappa shape index (κ2) is 4.72. The van der Waals surface area contributed by atoms with Gasteiger partial charge >= 0.3 is 0 Å². The van der Waals surface area contributed by atoms with Gasteiger partial charge in [0.05, 0.1) is 11.9 Å². The molecule has 6 N–H and O–H groups in total. The Bertz CT molecular complexity index is 439. The molecule has 0 aliphatic carbocycles. The fraction of sp³-hybridized carbons (Fsp3) is 0.600. The standard InChI is InChI=1S/C10H17N5O2/c11-5-10(1-3-17-4-2-10)15-8-7(12)9(16)14-6-13-8/h6H,1-5,11-12H2,(H2,13,14,15,16). The van der Waals surface area contributed by atoms with Crippen LogP contribution in [0.3, 0.4) is 0 Å². The first-order valence-corrected chi connectivity index (χ1v) is 5.56. The third-order valence-corrected chi connectivity index (χ3v) is 3.11. The quantitative estimate of drug-likeness (QED) is 0.552. The van der Waals surface area contributed by atoms with Gasteiger partial charge in [0.2, 0.25) is 0 Å². The van der Waals surface area contributed by atoms with E-state index in [2.05, 4.69) is 15.3 Å². The first kappa shape index (κ1) is 11.9. The third-order valence-electron chi connectivity index (χ3n) is 3.11. The monoisotopic (exact) mass is 239 g/mol. The molecule has 94 valence electrons. The number of nitrogens with zero attached hydrogens (tertiary/aromatic N) is 1. The number of ether oxygens (including phenoxy) is 1. The molecule has 0 atom stereocenters. The number of anilines is 2. The summed E-state index contributed by atoms with van der Waals surface area (Å²) >= 11 is 0. The third kappa shape index (κ3) is 2.40. The zero-order chi connectivity index (χ0) is 12.3. The minimum absolute atomic E-state index is 0.0896. The lowest BCUT2D eigenvalue weighted by Gasteiger charge is -2.37. The Hall–Kier alpha value is -1.60. The van der Waals surface area contributed by atoms with Crippen molar-refractivity contribution < 1.29 is 4.74 Å². The van der Waals surface area contributed by atoms with Crippen molar-refractivity contribution in [1.29, 1.82) is 0 Å². The molecule has 0 aromatic carbocycles. The number of nitrogens with one attached hydrogen (secondary N) is 2. The van der Waals surface area contributed by atoms with Gasteiger partial charge in [0.1, 0.15) is 5.69 Å². The number of nitrogens with two attached hydrogens (primary N) is 2. The van der Waals surface area contributed by atoms with E-state index in [1.807, 2.05) is 0 Å². The van der Waals surface area contributed by atoms with Crippen LogP contribution in [-0.4, -0.2) is 35.3 Å². The van der Waals surface area contributed by atoms with Crippen molar-refractivity contribution in [2.75, 3.05) is 30.8 Å². The van der Waals surface area contributed by atoms with E-state index in [0.717, 1.165) is 12.8 Å². The van der Waals surface area contributed by atoms with E-state index in [1.54, 1.807) is 0 Å². The van der Waals surface area contributed by atoms with Crippen molar-refractivity contribution in [3.8, 4) is 0 Å². The molecule has 7 heteroatoms. The topological polar surface area (TPSA) is 119 Å². The maximum atomic E-state index is 11.4. The lowest BCUT2D eigenvalue weighted by molar-refractivity contribution is 0.0627. The summed E-state index contributed by atoms with van der Waals surface area (Å²) in [5.74, 6) is 0.390. The van der Waals surface area contributed by atoms with Crippen LogP contribution >= 0.6 is 0 Å². The highest BCUT2D eigenvalue weighted by Crippen LogP contribution is 2.25. The number of nitrogen functional groups attached to an aromatic ring is 1. The highest BCUT2D eigenvalue weighted by Gasteiger charge is 2.32. The smallest absolute Gasteiger partial charge is 0.276 e.